The van der Waals surface area contributed by atoms with Crippen LogP contribution in [0, 0.1) is 17.6 Å². The maximum atomic E-state index is 14.1. The number of aromatic nitrogens is 1. The van der Waals surface area contributed by atoms with E-state index in [9.17, 15) is 18.3 Å². The molecule has 1 spiro atoms. The van der Waals surface area contributed by atoms with Gasteiger partial charge in [-0.1, -0.05) is 19.9 Å². The van der Waals surface area contributed by atoms with Gasteiger partial charge in [-0.25, -0.2) is 8.78 Å². The molecule has 0 bridgehead atoms. The van der Waals surface area contributed by atoms with E-state index >= 15 is 0 Å². The average Bonchev–Trinajstić information content (AvgIpc) is 3.01. The quantitative estimate of drug-likeness (QED) is 0.616. The van der Waals surface area contributed by atoms with Gasteiger partial charge >= 0.3 is 0 Å². The van der Waals surface area contributed by atoms with Crippen molar-refractivity contribution >= 4 is 10.9 Å². The Hall–Kier alpha value is -2.47. The molecular formula is C23H22F3NO2. The summed E-state index contributed by atoms with van der Waals surface area (Å²) in [6.45, 7) is 4.06. The fourth-order valence-corrected chi connectivity index (χ4v) is 5.06. The Kier molecular flexibility index (Phi) is 3.85. The lowest BCUT2D eigenvalue weighted by atomic mass is 9.63. The Morgan fingerprint density at radius 3 is 2.59 bits per heavy atom. The maximum absolute atomic E-state index is 14.1. The first kappa shape index (κ1) is 18.6. The first-order valence-electron chi connectivity index (χ1n) is 9.80. The fourth-order valence-electron chi connectivity index (χ4n) is 5.06. The largest absolute Gasteiger partial charge is 0.507 e. The molecule has 29 heavy (non-hydrogen) atoms. The van der Waals surface area contributed by atoms with Gasteiger partial charge in [0.05, 0.1) is 24.4 Å². The van der Waals surface area contributed by atoms with Gasteiger partial charge in [-0.2, -0.15) is 0 Å². The number of halogens is 3. The van der Waals surface area contributed by atoms with E-state index < -0.39 is 29.3 Å². The van der Waals surface area contributed by atoms with E-state index in [0.717, 1.165) is 17.3 Å². The minimum atomic E-state index is -0.932. The van der Waals surface area contributed by atoms with Gasteiger partial charge in [0.15, 0.2) is 11.6 Å². The molecule has 0 saturated heterocycles. The molecule has 3 aromatic rings. The molecule has 1 aromatic heterocycles. The van der Waals surface area contributed by atoms with Gasteiger partial charge < -0.3 is 14.4 Å². The molecule has 2 aliphatic rings. The molecule has 1 N–H and O–H groups in total. The monoisotopic (exact) mass is 401 g/mol. The zero-order valence-electron chi connectivity index (χ0n) is 16.3. The van der Waals surface area contributed by atoms with Crippen molar-refractivity contribution in [2.75, 3.05) is 13.3 Å². The van der Waals surface area contributed by atoms with Crippen LogP contribution in [-0.4, -0.2) is 23.0 Å². The minimum Gasteiger partial charge on any atom is -0.507 e. The Labute approximate surface area is 166 Å². The molecule has 1 fully saturated rings. The molecule has 2 aromatic carbocycles. The van der Waals surface area contributed by atoms with Gasteiger partial charge in [0, 0.05) is 33.8 Å². The number of nitrogens with zero attached hydrogens (tertiary/aromatic N) is 1. The van der Waals surface area contributed by atoms with Crippen LogP contribution in [0.5, 0.6) is 5.75 Å². The number of benzene rings is 2. The van der Waals surface area contributed by atoms with E-state index in [0.29, 0.717) is 36.0 Å². The van der Waals surface area contributed by atoms with Crippen LogP contribution in [0.1, 0.15) is 37.9 Å². The molecule has 0 radical (unpaired) electrons. The van der Waals surface area contributed by atoms with E-state index in [4.69, 9.17) is 4.74 Å². The lowest BCUT2D eigenvalue weighted by molar-refractivity contribution is -0.161. The highest BCUT2D eigenvalue weighted by Gasteiger charge is 2.55. The predicted molar refractivity (Wildman–Crippen MR) is 104 cm³/mol. The summed E-state index contributed by atoms with van der Waals surface area (Å²) in [5, 5.41) is 11.4. The number of ether oxygens (including phenoxy) is 1. The summed E-state index contributed by atoms with van der Waals surface area (Å²) in [6, 6.07) is 9.00. The molecule has 5 rings (SSSR count). The van der Waals surface area contributed by atoms with E-state index in [1.165, 1.54) is 12.1 Å². The van der Waals surface area contributed by atoms with Crippen LogP contribution in [-0.2, 0) is 15.8 Å². The molecule has 152 valence electrons. The molecule has 2 heterocycles. The number of hydrogen-bond acceptors (Lipinski definition) is 2. The molecule has 1 saturated carbocycles. The molecule has 1 aliphatic carbocycles. The van der Waals surface area contributed by atoms with Crippen molar-refractivity contribution in [3.63, 3.8) is 0 Å². The van der Waals surface area contributed by atoms with Crippen LogP contribution < -0.4 is 0 Å². The first-order chi connectivity index (χ1) is 13.8. The Balaban J connectivity index is 1.88. The smallest absolute Gasteiger partial charge is 0.160 e. The van der Waals surface area contributed by atoms with Gasteiger partial charge in [0.1, 0.15) is 5.75 Å². The van der Waals surface area contributed by atoms with Crippen molar-refractivity contribution in [2.24, 2.45) is 5.92 Å². The maximum Gasteiger partial charge on any atom is 0.160 e. The zero-order chi connectivity index (χ0) is 20.6. The van der Waals surface area contributed by atoms with Gasteiger partial charge in [0.25, 0.3) is 0 Å². The summed E-state index contributed by atoms with van der Waals surface area (Å²) in [7, 11) is 0. The summed E-state index contributed by atoms with van der Waals surface area (Å²) >= 11 is 0. The molecule has 3 nitrogen and oxygen atoms in total. The third-order valence-corrected chi connectivity index (χ3v) is 6.39. The van der Waals surface area contributed by atoms with Crippen molar-refractivity contribution in [3.8, 4) is 11.4 Å². The van der Waals surface area contributed by atoms with E-state index in [2.05, 4.69) is 0 Å². The Bertz CT molecular complexity index is 1130. The number of fused-ring (bicyclic) bond motifs is 4. The predicted octanol–water partition coefficient (Wildman–Crippen LogP) is 5.50. The van der Waals surface area contributed by atoms with Crippen LogP contribution >= 0.6 is 0 Å². The second-order valence-electron chi connectivity index (χ2n) is 8.92. The molecular weight excluding hydrogens is 379 g/mol. The second kappa shape index (κ2) is 6.02. The number of alkyl halides is 1. The summed E-state index contributed by atoms with van der Waals surface area (Å²) in [6.07, 6.45) is 1.08. The van der Waals surface area contributed by atoms with Crippen molar-refractivity contribution < 1.29 is 23.0 Å². The van der Waals surface area contributed by atoms with Crippen LogP contribution in [0.3, 0.4) is 0 Å². The van der Waals surface area contributed by atoms with Crippen molar-refractivity contribution in [1.29, 1.82) is 0 Å². The van der Waals surface area contributed by atoms with E-state index in [1.54, 1.807) is 12.1 Å². The number of aromatic hydroxyl groups is 1. The Morgan fingerprint density at radius 2 is 1.90 bits per heavy atom. The lowest BCUT2D eigenvalue weighted by Crippen LogP contribution is -2.51. The number of phenolic OH excluding ortho intramolecular Hbond substituents is 1. The summed E-state index contributed by atoms with van der Waals surface area (Å²) in [4.78, 5) is 0. The molecule has 0 amide bonds. The van der Waals surface area contributed by atoms with Crippen LogP contribution in [0.15, 0.2) is 36.4 Å². The highest BCUT2D eigenvalue weighted by Crippen LogP contribution is 2.58. The average molecular weight is 401 g/mol. The number of phenols is 1. The first-order valence-corrected chi connectivity index (χ1v) is 9.80. The van der Waals surface area contributed by atoms with Crippen molar-refractivity contribution in [1.82, 2.24) is 4.57 Å². The topological polar surface area (TPSA) is 34.4 Å². The summed E-state index contributed by atoms with van der Waals surface area (Å²) in [5.74, 6) is -1.81. The molecule has 0 atom stereocenters. The van der Waals surface area contributed by atoms with Crippen molar-refractivity contribution in [3.05, 3.63) is 59.3 Å². The normalized spacial score (nSPS) is 25.2. The van der Waals surface area contributed by atoms with Crippen LogP contribution in [0.2, 0.25) is 0 Å². The molecule has 0 unspecified atom stereocenters. The Morgan fingerprint density at radius 1 is 1.14 bits per heavy atom. The highest BCUT2D eigenvalue weighted by molar-refractivity contribution is 5.94. The molecule has 1 aliphatic heterocycles. The fraction of sp³-hybridized carbons (Fsp3) is 0.391. The van der Waals surface area contributed by atoms with Gasteiger partial charge in [-0.05, 0) is 43.0 Å². The minimum absolute atomic E-state index is 0.0726. The third kappa shape index (κ3) is 2.48. The highest BCUT2D eigenvalue weighted by atomic mass is 19.2. The second-order valence-corrected chi connectivity index (χ2v) is 8.92. The number of rotatable bonds is 2. The SMILES string of the molecule is CC1(C)CO[C@]2(C[C@@H](CF)C2)c2c1n(-c1ccc(F)c(F)c1)c1cccc(O)c12. The number of hydrogen-bond donors (Lipinski definition) is 1. The van der Waals surface area contributed by atoms with Gasteiger partial charge in [-0.3, -0.25) is 4.39 Å². The van der Waals surface area contributed by atoms with Crippen LogP contribution in [0.25, 0.3) is 16.6 Å². The molecule has 6 heteroatoms. The van der Waals surface area contributed by atoms with Gasteiger partial charge in [-0.15, -0.1) is 0 Å². The summed E-state index contributed by atoms with van der Waals surface area (Å²) < 4.78 is 49.2. The zero-order valence-corrected chi connectivity index (χ0v) is 16.3. The van der Waals surface area contributed by atoms with E-state index in [-0.39, 0.29) is 11.7 Å². The standard InChI is InChI=1S/C23H22F3NO2/c1-22(2)12-29-23(9-13(10-23)11-24)20-19-17(4-3-5-18(19)28)27(21(20)22)14-6-7-15(25)16(26)8-14/h3-8,13,28H,9-12H2,1-2H3/t13-,23+. The lowest BCUT2D eigenvalue weighted by Gasteiger charge is -2.52. The van der Waals surface area contributed by atoms with Gasteiger partial charge in [0.2, 0.25) is 0 Å². The summed E-state index contributed by atoms with van der Waals surface area (Å²) in [5.41, 5.74) is 1.80. The van der Waals surface area contributed by atoms with E-state index in [1.807, 2.05) is 24.5 Å². The van der Waals surface area contributed by atoms with Crippen molar-refractivity contribution in [2.45, 2.75) is 37.7 Å². The third-order valence-electron chi connectivity index (χ3n) is 6.39. The van der Waals surface area contributed by atoms with Crippen LogP contribution in [0.4, 0.5) is 13.2 Å².